The van der Waals surface area contributed by atoms with Crippen LogP contribution < -0.4 is 10.6 Å². The van der Waals surface area contributed by atoms with Crippen LogP contribution in [0.15, 0.2) is 42.0 Å². The molecule has 0 aliphatic heterocycles. The second-order valence-corrected chi connectivity index (χ2v) is 9.67. The smallest absolute Gasteiger partial charge is 0.253 e. The van der Waals surface area contributed by atoms with Crippen LogP contribution in [0.25, 0.3) is 11.4 Å². The van der Waals surface area contributed by atoms with E-state index in [9.17, 15) is 9.59 Å². The van der Waals surface area contributed by atoms with Crippen molar-refractivity contribution in [3.05, 3.63) is 53.3 Å². The molecule has 0 fully saturated rings. The van der Waals surface area contributed by atoms with Gasteiger partial charge in [-0.2, -0.15) is 0 Å². The number of rotatable bonds is 10. The molecule has 3 rings (SSSR count). The number of aryl methyl sites for hydroxylation is 1. The number of hydrogen-bond donors (Lipinski definition) is 2. The van der Waals surface area contributed by atoms with Crippen molar-refractivity contribution in [2.75, 3.05) is 11.9 Å². The Morgan fingerprint density at radius 3 is 2.67 bits per heavy atom. The third-order valence-corrected chi connectivity index (χ3v) is 6.89. The fourth-order valence-corrected chi connectivity index (χ4v) is 4.48. The van der Waals surface area contributed by atoms with Gasteiger partial charge in [-0.25, -0.2) is 4.98 Å². The summed E-state index contributed by atoms with van der Waals surface area (Å²) in [6, 6.07) is 7.53. The Morgan fingerprint density at radius 1 is 1.18 bits per heavy atom. The van der Waals surface area contributed by atoms with Gasteiger partial charge in [0.2, 0.25) is 5.91 Å². The monoisotopic (exact) mass is 467 g/mol. The van der Waals surface area contributed by atoms with Crippen LogP contribution in [0.4, 0.5) is 5.13 Å². The normalized spacial score (nSPS) is 13.8. The lowest BCUT2D eigenvalue weighted by Gasteiger charge is -2.33. The van der Waals surface area contributed by atoms with E-state index >= 15 is 0 Å². The van der Waals surface area contributed by atoms with Crippen LogP contribution in [-0.2, 0) is 10.3 Å². The molecule has 2 amide bonds. The van der Waals surface area contributed by atoms with Crippen LogP contribution in [-0.4, -0.2) is 32.9 Å². The third-order valence-electron chi connectivity index (χ3n) is 6.14. The molecule has 2 N–H and O–H groups in total. The largest absolute Gasteiger partial charge is 0.348 e. The first-order chi connectivity index (χ1) is 15.7. The van der Waals surface area contributed by atoms with E-state index in [0.717, 1.165) is 30.7 Å². The second-order valence-electron chi connectivity index (χ2n) is 8.81. The lowest BCUT2D eigenvalue weighted by molar-refractivity contribution is -0.115. The minimum atomic E-state index is -0.323. The minimum absolute atomic E-state index is 0.0416. The summed E-state index contributed by atoms with van der Waals surface area (Å²) in [5, 5.41) is 7.77. The number of hydrogen-bond acceptors (Lipinski definition) is 5. The van der Waals surface area contributed by atoms with E-state index in [-0.39, 0.29) is 23.9 Å². The van der Waals surface area contributed by atoms with Crippen molar-refractivity contribution in [1.82, 2.24) is 19.9 Å². The van der Waals surface area contributed by atoms with Gasteiger partial charge < -0.3 is 15.2 Å². The van der Waals surface area contributed by atoms with Gasteiger partial charge in [0.05, 0.1) is 17.8 Å². The number of pyridine rings is 1. The Bertz CT molecular complexity index is 1110. The number of amides is 2. The standard InChI is InChI=1S/C25H33N5O2S/c1-6-17(3)13-25(5,7-2)30-12-11-19(15-30)23(32)26-14-22(31)29-24-28-21(16-33-24)20-10-8-9-18(4)27-20/h8-12,15-17H,6-7,13-14H2,1-5H3,(H,26,32)(H,28,29,31). The van der Waals surface area contributed by atoms with Crippen molar-refractivity contribution in [3.63, 3.8) is 0 Å². The zero-order chi connectivity index (χ0) is 24.0. The number of thiazole rings is 1. The average molecular weight is 468 g/mol. The number of anilines is 1. The van der Waals surface area contributed by atoms with Crippen LogP contribution in [0.3, 0.4) is 0 Å². The molecule has 2 atom stereocenters. The number of carbonyl (C=O) groups is 2. The molecule has 0 radical (unpaired) electrons. The van der Waals surface area contributed by atoms with Crippen molar-refractivity contribution >= 4 is 28.3 Å². The zero-order valence-electron chi connectivity index (χ0n) is 20.0. The van der Waals surface area contributed by atoms with Gasteiger partial charge in [0.25, 0.3) is 5.91 Å². The van der Waals surface area contributed by atoms with E-state index in [1.54, 1.807) is 6.07 Å². The quantitative estimate of drug-likeness (QED) is 0.426. The molecule has 0 aliphatic rings. The molecule has 3 aromatic rings. The van der Waals surface area contributed by atoms with E-state index in [2.05, 4.69) is 52.9 Å². The SMILES string of the molecule is CCC(C)CC(C)(CC)n1ccc(C(=O)NCC(=O)Nc2nc(-c3cccc(C)n3)cs2)c1. The lowest BCUT2D eigenvalue weighted by Crippen LogP contribution is -2.33. The third kappa shape index (κ3) is 6.28. The molecule has 176 valence electrons. The van der Waals surface area contributed by atoms with Crippen LogP contribution in [0.1, 0.15) is 63.0 Å². The topological polar surface area (TPSA) is 88.9 Å². The predicted octanol–water partition coefficient (Wildman–Crippen LogP) is 5.24. The molecule has 3 aromatic heterocycles. The highest BCUT2D eigenvalue weighted by Gasteiger charge is 2.26. The maximum Gasteiger partial charge on any atom is 0.253 e. The summed E-state index contributed by atoms with van der Waals surface area (Å²) in [5.74, 6) is 0.0112. The number of nitrogens with one attached hydrogen (secondary N) is 2. The summed E-state index contributed by atoms with van der Waals surface area (Å²) in [7, 11) is 0. The van der Waals surface area contributed by atoms with Crippen LogP contribution in [0.5, 0.6) is 0 Å². The molecule has 0 saturated heterocycles. The molecular weight excluding hydrogens is 434 g/mol. The summed E-state index contributed by atoms with van der Waals surface area (Å²) in [4.78, 5) is 33.8. The van der Waals surface area contributed by atoms with Gasteiger partial charge >= 0.3 is 0 Å². The highest BCUT2D eigenvalue weighted by molar-refractivity contribution is 7.14. The van der Waals surface area contributed by atoms with Gasteiger partial charge in [0, 0.05) is 29.0 Å². The maximum atomic E-state index is 12.6. The molecule has 7 nitrogen and oxygen atoms in total. The van der Waals surface area contributed by atoms with E-state index in [1.165, 1.54) is 11.3 Å². The Morgan fingerprint density at radius 2 is 1.97 bits per heavy atom. The van der Waals surface area contributed by atoms with Gasteiger partial charge in [-0.1, -0.05) is 33.3 Å². The first-order valence-corrected chi connectivity index (χ1v) is 12.3. The highest BCUT2D eigenvalue weighted by atomic mass is 32.1. The van der Waals surface area contributed by atoms with Gasteiger partial charge in [-0.05, 0) is 50.8 Å². The lowest BCUT2D eigenvalue weighted by atomic mass is 9.86. The first kappa shape index (κ1) is 24.6. The summed E-state index contributed by atoms with van der Waals surface area (Å²) in [6.45, 7) is 10.6. The summed E-state index contributed by atoms with van der Waals surface area (Å²) >= 11 is 1.33. The van der Waals surface area contributed by atoms with Crippen LogP contribution in [0, 0.1) is 12.8 Å². The van der Waals surface area contributed by atoms with Crippen LogP contribution >= 0.6 is 11.3 Å². The molecule has 0 spiro atoms. The number of aromatic nitrogens is 3. The fourth-order valence-electron chi connectivity index (χ4n) is 3.75. The molecule has 0 bridgehead atoms. The minimum Gasteiger partial charge on any atom is -0.348 e. The van der Waals surface area contributed by atoms with Gasteiger partial charge in [0.1, 0.15) is 5.69 Å². The van der Waals surface area contributed by atoms with Gasteiger partial charge in [0.15, 0.2) is 5.13 Å². The predicted molar refractivity (Wildman–Crippen MR) is 133 cm³/mol. The van der Waals surface area contributed by atoms with E-state index in [4.69, 9.17) is 0 Å². The fraction of sp³-hybridized carbons (Fsp3) is 0.440. The molecule has 0 aliphatic carbocycles. The Labute approximate surface area is 199 Å². The molecule has 2 unspecified atom stereocenters. The van der Waals surface area contributed by atoms with Crippen molar-refractivity contribution < 1.29 is 9.59 Å². The summed E-state index contributed by atoms with van der Waals surface area (Å²) in [5.41, 5.74) is 2.88. The van der Waals surface area contributed by atoms with Crippen molar-refractivity contribution in [2.45, 2.75) is 59.4 Å². The zero-order valence-corrected chi connectivity index (χ0v) is 20.8. The van der Waals surface area contributed by atoms with Gasteiger partial charge in [-0.15, -0.1) is 11.3 Å². The highest BCUT2D eigenvalue weighted by Crippen LogP contribution is 2.30. The summed E-state index contributed by atoms with van der Waals surface area (Å²) in [6.07, 6.45) is 6.98. The molecule has 0 saturated carbocycles. The Balaban J connectivity index is 1.55. The molecule has 8 heteroatoms. The molecule has 3 heterocycles. The van der Waals surface area contributed by atoms with E-state index in [1.807, 2.05) is 42.9 Å². The summed E-state index contributed by atoms with van der Waals surface area (Å²) < 4.78 is 2.13. The van der Waals surface area contributed by atoms with Gasteiger partial charge in [-0.3, -0.25) is 14.6 Å². The molecular formula is C25H33N5O2S. The number of nitrogens with zero attached hydrogens (tertiary/aromatic N) is 3. The maximum absolute atomic E-state index is 12.6. The van der Waals surface area contributed by atoms with E-state index < -0.39 is 0 Å². The first-order valence-electron chi connectivity index (χ1n) is 11.4. The second kappa shape index (κ2) is 10.7. The average Bonchev–Trinajstić information content (AvgIpc) is 3.48. The van der Waals surface area contributed by atoms with Crippen LogP contribution in [0.2, 0.25) is 0 Å². The van der Waals surface area contributed by atoms with Crippen molar-refractivity contribution in [3.8, 4) is 11.4 Å². The number of carbonyl (C=O) groups excluding carboxylic acids is 2. The van der Waals surface area contributed by atoms with Crippen molar-refractivity contribution in [1.29, 1.82) is 0 Å². The molecule has 33 heavy (non-hydrogen) atoms. The Hall–Kier alpha value is -3.00. The molecule has 0 aromatic carbocycles. The Kier molecular flexibility index (Phi) is 8.02. The van der Waals surface area contributed by atoms with E-state index in [0.29, 0.717) is 22.3 Å². The van der Waals surface area contributed by atoms with Crippen molar-refractivity contribution in [2.24, 2.45) is 5.92 Å².